The molecule has 0 aliphatic heterocycles. The van der Waals surface area contributed by atoms with Gasteiger partial charge < -0.3 is 20.5 Å². The van der Waals surface area contributed by atoms with Crippen molar-refractivity contribution in [3.05, 3.63) is 60.3 Å². The number of aromatic hydroxyl groups is 1. The Morgan fingerprint density at radius 3 is 2.57 bits per heavy atom. The Hall–Kier alpha value is -2.95. The number of hydrogen-bond donors (Lipinski definition) is 3. The molecule has 2 aromatic carbocycles. The van der Waals surface area contributed by atoms with Gasteiger partial charge in [0.25, 0.3) is 0 Å². The predicted molar refractivity (Wildman–Crippen MR) is 82.3 cm³/mol. The molecule has 0 saturated carbocycles. The average Bonchev–Trinajstić information content (AvgIpc) is 2.50. The molecule has 0 heterocycles. The Labute approximate surface area is 122 Å². The minimum absolute atomic E-state index is 0.150. The van der Waals surface area contributed by atoms with E-state index in [0.717, 1.165) is 11.3 Å². The third-order valence-electron chi connectivity index (χ3n) is 2.74. The smallest absolute Gasteiger partial charge is 0.323 e. The maximum absolute atomic E-state index is 11.7. The largest absolute Gasteiger partial charge is 0.508 e. The quantitative estimate of drug-likeness (QED) is 0.755. The highest BCUT2D eigenvalue weighted by atomic mass is 16.5. The van der Waals surface area contributed by atoms with Crippen molar-refractivity contribution in [2.24, 2.45) is 0 Å². The summed E-state index contributed by atoms with van der Waals surface area (Å²) in [5.41, 5.74) is 1.46. The number of amides is 2. The Morgan fingerprint density at radius 1 is 1.14 bits per heavy atom. The molecule has 2 aromatic rings. The summed E-state index contributed by atoms with van der Waals surface area (Å²) in [6.45, 7) is 0. The first-order chi connectivity index (χ1) is 10.2. The fourth-order valence-corrected chi connectivity index (χ4v) is 1.72. The van der Waals surface area contributed by atoms with Gasteiger partial charge in [-0.3, -0.25) is 0 Å². The first-order valence-electron chi connectivity index (χ1n) is 6.35. The van der Waals surface area contributed by atoms with E-state index < -0.39 is 0 Å². The molecular formula is C16H16N2O3. The van der Waals surface area contributed by atoms with Crippen molar-refractivity contribution in [2.45, 2.75) is 0 Å². The number of ether oxygens (including phenoxy) is 1. The SMILES string of the molecule is COc1ccccc1/C=C/NC(=O)Nc1ccc(O)cc1. The van der Waals surface area contributed by atoms with Crippen LogP contribution in [0.1, 0.15) is 5.56 Å². The number of hydrogen-bond acceptors (Lipinski definition) is 3. The molecule has 0 fully saturated rings. The van der Waals surface area contributed by atoms with Crippen LogP contribution in [0.5, 0.6) is 11.5 Å². The van der Waals surface area contributed by atoms with Crippen molar-refractivity contribution >= 4 is 17.8 Å². The second-order valence-corrected chi connectivity index (χ2v) is 4.22. The second-order valence-electron chi connectivity index (χ2n) is 4.22. The van der Waals surface area contributed by atoms with Crippen molar-refractivity contribution < 1.29 is 14.6 Å². The third-order valence-corrected chi connectivity index (χ3v) is 2.74. The van der Waals surface area contributed by atoms with Gasteiger partial charge in [0, 0.05) is 17.5 Å². The fraction of sp³-hybridized carbons (Fsp3) is 0.0625. The molecule has 0 unspecified atom stereocenters. The molecule has 0 saturated heterocycles. The number of benzene rings is 2. The van der Waals surface area contributed by atoms with Gasteiger partial charge >= 0.3 is 6.03 Å². The summed E-state index contributed by atoms with van der Waals surface area (Å²) in [6.07, 6.45) is 3.28. The predicted octanol–water partition coefficient (Wildman–Crippen LogP) is 3.19. The molecule has 0 aromatic heterocycles. The number of methoxy groups -OCH3 is 1. The van der Waals surface area contributed by atoms with Crippen molar-refractivity contribution in [1.29, 1.82) is 0 Å². The Kier molecular flexibility index (Phi) is 4.82. The fourth-order valence-electron chi connectivity index (χ4n) is 1.72. The lowest BCUT2D eigenvalue weighted by atomic mass is 10.2. The van der Waals surface area contributed by atoms with E-state index >= 15 is 0 Å². The summed E-state index contributed by atoms with van der Waals surface area (Å²) in [5, 5.41) is 14.4. The van der Waals surface area contributed by atoms with Crippen molar-refractivity contribution in [1.82, 2.24) is 5.32 Å². The van der Waals surface area contributed by atoms with Crippen molar-refractivity contribution in [3.8, 4) is 11.5 Å². The molecule has 0 atom stereocenters. The lowest BCUT2D eigenvalue weighted by Crippen LogP contribution is -2.23. The highest BCUT2D eigenvalue weighted by Gasteiger charge is 2.00. The van der Waals surface area contributed by atoms with Gasteiger partial charge in [0.1, 0.15) is 11.5 Å². The number of phenolic OH excluding ortho intramolecular Hbond substituents is 1. The topological polar surface area (TPSA) is 70.6 Å². The van der Waals surface area contributed by atoms with Crippen LogP contribution in [-0.4, -0.2) is 18.2 Å². The Bertz CT molecular complexity index is 636. The van der Waals surface area contributed by atoms with Gasteiger partial charge in [0.2, 0.25) is 0 Å². The molecule has 0 aliphatic rings. The maximum Gasteiger partial charge on any atom is 0.323 e. The van der Waals surface area contributed by atoms with Crippen LogP contribution < -0.4 is 15.4 Å². The van der Waals surface area contributed by atoms with Crippen LogP contribution >= 0.6 is 0 Å². The van der Waals surface area contributed by atoms with Gasteiger partial charge in [-0.1, -0.05) is 18.2 Å². The molecule has 2 amide bonds. The number of anilines is 1. The highest BCUT2D eigenvalue weighted by molar-refractivity contribution is 5.90. The molecule has 5 nitrogen and oxygen atoms in total. The first kappa shape index (κ1) is 14.5. The number of para-hydroxylation sites is 1. The lowest BCUT2D eigenvalue weighted by molar-refractivity contribution is 0.255. The zero-order chi connectivity index (χ0) is 15.1. The minimum Gasteiger partial charge on any atom is -0.508 e. The van der Waals surface area contributed by atoms with Crippen LogP contribution in [0.25, 0.3) is 6.08 Å². The van der Waals surface area contributed by atoms with Crippen LogP contribution in [0.15, 0.2) is 54.7 Å². The monoisotopic (exact) mass is 284 g/mol. The van der Waals surface area contributed by atoms with Gasteiger partial charge in [-0.15, -0.1) is 0 Å². The summed E-state index contributed by atoms with van der Waals surface area (Å²) in [6, 6.07) is 13.3. The summed E-state index contributed by atoms with van der Waals surface area (Å²) in [5.74, 6) is 0.881. The first-order valence-corrected chi connectivity index (χ1v) is 6.35. The molecule has 2 rings (SSSR count). The van der Waals surface area contributed by atoms with Crippen molar-refractivity contribution in [2.75, 3.05) is 12.4 Å². The van der Waals surface area contributed by atoms with E-state index in [1.807, 2.05) is 24.3 Å². The summed E-state index contributed by atoms with van der Waals surface area (Å²) >= 11 is 0. The molecule has 0 radical (unpaired) electrons. The van der Waals surface area contributed by atoms with Crippen LogP contribution in [0.4, 0.5) is 10.5 Å². The normalized spacial score (nSPS) is 10.3. The van der Waals surface area contributed by atoms with E-state index in [1.165, 1.54) is 18.3 Å². The van der Waals surface area contributed by atoms with Crippen LogP contribution in [0.3, 0.4) is 0 Å². The second kappa shape index (κ2) is 7.00. The molecular weight excluding hydrogens is 268 g/mol. The molecule has 0 spiro atoms. The summed E-state index contributed by atoms with van der Waals surface area (Å²) in [7, 11) is 1.59. The third kappa shape index (κ3) is 4.28. The van der Waals surface area contributed by atoms with Gasteiger partial charge in [-0.2, -0.15) is 0 Å². The molecule has 5 heteroatoms. The number of nitrogens with one attached hydrogen (secondary N) is 2. The van der Waals surface area contributed by atoms with Gasteiger partial charge in [-0.05, 0) is 36.4 Å². The Morgan fingerprint density at radius 2 is 1.86 bits per heavy atom. The highest BCUT2D eigenvalue weighted by Crippen LogP contribution is 2.18. The molecule has 21 heavy (non-hydrogen) atoms. The van der Waals surface area contributed by atoms with Crippen molar-refractivity contribution in [3.63, 3.8) is 0 Å². The van der Waals surface area contributed by atoms with E-state index in [2.05, 4.69) is 10.6 Å². The standard InChI is InChI=1S/C16H16N2O3/c1-21-15-5-3-2-4-12(15)10-11-17-16(20)18-13-6-8-14(19)9-7-13/h2-11,19H,1H3,(H2,17,18,20)/b11-10+. The minimum atomic E-state index is -0.369. The Balaban J connectivity index is 1.91. The van der Waals surface area contributed by atoms with E-state index in [0.29, 0.717) is 5.69 Å². The zero-order valence-corrected chi connectivity index (χ0v) is 11.5. The number of rotatable bonds is 4. The number of carbonyl (C=O) groups excluding carboxylic acids is 1. The summed E-state index contributed by atoms with van der Waals surface area (Å²) < 4.78 is 5.21. The maximum atomic E-state index is 11.7. The van der Waals surface area contributed by atoms with E-state index in [-0.39, 0.29) is 11.8 Å². The number of carbonyl (C=O) groups is 1. The molecule has 0 aliphatic carbocycles. The molecule has 0 bridgehead atoms. The number of urea groups is 1. The van der Waals surface area contributed by atoms with Gasteiger partial charge in [0.15, 0.2) is 0 Å². The van der Waals surface area contributed by atoms with Crippen LogP contribution in [0, 0.1) is 0 Å². The van der Waals surface area contributed by atoms with Crippen LogP contribution in [0.2, 0.25) is 0 Å². The van der Waals surface area contributed by atoms with E-state index in [9.17, 15) is 4.79 Å². The average molecular weight is 284 g/mol. The molecule has 3 N–H and O–H groups in total. The van der Waals surface area contributed by atoms with E-state index in [4.69, 9.17) is 9.84 Å². The van der Waals surface area contributed by atoms with Gasteiger partial charge in [0.05, 0.1) is 7.11 Å². The number of phenols is 1. The van der Waals surface area contributed by atoms with E-state index in [1.54, 1.807) is 25.3 Å². The summed E-state index contributed by atoms with van der Waals surface area (Å²) in [4.78, 5) is 11.7. The van der Waals surface area contributed by atoms with Gasteiger partial charge in [-0.25, -0.2) is 4.79 Å². The molecule has 108 valence electrons. The lowest BCUT2D eigenvalue weighted by Gasteiger charge is -2.05. The zero-order valence-electron chi connectivity index (χ0n) is 11.5. The van der Waals surface area contributed by atoms with Crippen LogP contribution in [-0.2, 0) is 0 Å².